The van der Waals surface area contributed by atoms with Crippen LogP contribution < -0.4 is 0 Å². The Hall–Kier alpha value is -0.560. The number of hydrogen-bond donors (Lipinski definition) is 0. The summed E-state index contributed by atoms with van der Waals surface area (Å²) >= 11 is 5.85. The molecule has 0 radical (unpaired) electrons. The molecular weight excluding hydrogens is 170 g/mol. The third kappa shape index (κ3) is 1.98. The van der Waals surface area contributed by atoms with Crippen LogP contribution in [0.4, 0.5) is 0 Å². The first-order valence-electron chi connectivity index (χ1n) is 4.17. The van der Waals surface area contributed by atoms with E-state index in [-0.39, 0.29) is 5.41 Å². The average Bonchev–Trinajstić information content (AvgIpc) is 2.05. The Labute approximate surface area is 78.8 Å². The Kier molecular flexibility index (Phi) is 2.73. The minimum absolute atomic E-state index is 0.178. The number of rotatable bonds is 2. The van der Waals surface area contributed by atoms with Crippen molar-refractivity contribution in [3.8, 4) is 0 Å². The second-order valence-electron chi connectivity index (χ2n) is 3.63. The molecule has 0 fully saturated rings. The van der Waals surface area contributed by atoms with Crippen LogP contribution in [0.1, 0.15) is 32.8 Å². The zero-order chi connectivity index (χ0) is 9.19. The first kappa shape index (κ1) is 9.53. The van der Waals surface area contributed by atoms with Crippen molar-refractivity contribution >= 4 is 11.6 Å². The standard InChI is InChI=1S/C10H14ClN/c1-4-10(2,3)8-5-9(11)7-12-6-8/h5-7H,4H2,1-3H3. The molecular formula is C10H14ClN. The van der Waals surface area contributed by atoms with E-state index in [0.717, 1.165) is 6.42 Å². The van der Waals surface area contributed by atoms with Crippen molar-refractivity contribution in [3.63, 3.8) is 0 Å². The van der Waals surface area contributed by atoms with Gasteiger partial charge in [-0.25, -0.2) is 0 Å². The smallest absolute Gasteiger partial charge is 0.0592 e. The van der Waals surface area contributed by atoms with Crippen LogP contribution in [-0.4, -0.2) is 4.98 Å². The Balaban J connectivity index is 3.03. The molecule has 0 aromatic carbocycles. The largest absolute Gasteiger partial charge is 0.263 e. The van der Waals surface area contributed by atoms with Crippen LogP contribution in [0, 0.1) is 0 Å². The highest BCUT2D eigenvalue weighted by atomic mass is 35.5. The van der Waals surface area contributed by atoms with E-state index in [2.05, 4.69) is 25.8 Å². The highest BCUT2D eigenvalue weighted by Crippen LogP contribution is 2.27. The van der Waals surface area contributed by atoms with E-state index in [4.69, 9.17) is 11.6 Å². The number of hydrogen-bond acceptors (Lipinski definition) is 1. The van der Waals surface area contributed by atoms with Gasteiger partial charge in [-0.05, 0) is 23.5 Å². The van der Waals surface area contributed by atoms with Gasteiger partial charge >= 0.3 is 0 Å². The minimum atomic E-state index is 0.178. The zero-order valence-electron chi connectivity index (χ0n) is 7.76. The van der Waals surface area contributed by atoms with Gasteiger partial charge in [-0.2, -0.15) is 0 Å². The summed E-state index contributed by atoms with van der Waals surface area (Å²) in [6.45, 7) is 6.56. The molecule has 1 heterocycles. The summed E-state index contributed by atoms with van der Waals surface area (Å²) in [5.41, 5.74) is 1.38. The lowest BCUT2D eigenvalue weighted by atomic mass is 9.83. The lowest BCUT2D eigenvalue weighted by Crippen LogP contribution is -2.15. The summed E-state index contributed by atoms with van der Waals surface area (Å²) < 4.78 is 0. The van der Waals surface area contributed by atoms with Gasteiger partial charge in [0.25, 0.3) is 0 Å². The molecule has 12 heavy (non-hydrogen) atoms. The Bertz CT molecular complexity index is 268. The van der Waals surface area contributed by atoms with Crippen LogP contribution in [0.3, 0.4) is 0 Å². The summed E-state index contributed by atoms with van der Waals surface area (Å²) in [6, 6.07) is 1.98. The molecule has 0 unspecified atom stereocenters. The normalized spacial score (nSPS) is 11.7. The molecule has 0 saturated carbocycles. The number of nitrogens with zero attached hydrogens (tertiary/aromatic N) is 1. The van der Waals surface area contributed by atoms with Crippen molar-refractivity contribution < 1.29 is 0 Å². The molecule has 1 aromatic heterocycles. The molecule has 0 spiro atoms. The highest BCUT2D eigenvalue weighted by molar-refractivity contribution is 6.30. The topological polar surface area (TPSA) is 12.9 Å². The molecule has 0 N–H and O–H groups in total. The van der Waals surface area contributed by atoms with Crippen LogP contribution in [0.25, 0.3) is 0 Å². The van der Waals surface area contributed by atoms with Crippen molar-refractivity contribution in [2.24, 2.45) is 0 Å². The second-order valence-corrected chi connectivity index (χ2v) is 4.07. The van der Waals surface area contributed by atoms with Crippen molar-refractivity contribution in [3.05, 3.63) is 29.0 Å². The molecule has 0 aliphatic heterocycles. The van der Waals surface area contributed by atoms with Crippen molar-refractivity contribution in [2.75, 3.05) is 0 Å². The summed E-state index contributed by atoms with van der Waals surface area (Å²) in [7, 11) is 0. The molecule has 0 aliphatic rings. The van der Waals surface area contributed by atoms with E-state index < -0.39 is 0 Å². The molecule has 1 nitrogen and oxygen atoms in total. The van der Waals surface area contributed by atoms with Crippen molar-refractivity contribution in [1.29, 1.82) is 0 Å². The van der Waals surface area contributed by atoms with Gasteiger partial charge in [0.15, 0.2) is 0 Å². The molecule has 0 atom stereocenters. The summed E-state index contributed by atoms with van der Waals surface area (Å²) in [5, 5.41) is 0.717. The summed E-state index contributed by atoms with van der Waals surface area (Å²) in [5.74, 6) is 0. The van der Waals surface area contributed by atoms with Crippen molar-refractivity contribution in [2.45, 2.75) is 32.6 Å². The van der Waals surface area contributed by atoms with Gasteiger partial charge in [-0.3, -0.25) is 4.98 Å². The van der Waals surface area contributed by atoms with Gasteiger partial charge in [-0.1, -0.05) is 32.4 Å². The SMILES string of the molecule is CCC(C)(C)c1cncc(Cl)c1. The predicted octanol–water partition coefficient (Wildman–Crippen LogP) is 3.42. The first-order chi connectivity index (χ1) is 5.56. The number of pyridine rings is 1. The van der Waals surface area contributed by atoms with E-state index in [1.807, 2.05) is 12.3 Å². The first-order valence-corrected chi connectivity index (χ1v) is 4.55. The molecule has 0 amide bonds. The van der Waals surface area contributed by atoms with Gasteiger partial charge in [-0.15, -0.1) is 0 Å². The maximum absolute atomic E-state index is 5.85. The maximum Gasteiger partial charge on any atom is 0.0592 e. The second kappa shape index (κ2) is 3.44. The molecule has 0 bridgehead atoms. The number of halogens is 1. The third-order valence-electron chi connectivity index (χ3n) is 2.37. The molecule has 1 aromatic rings. The summed E-state index contributed by atoms with van der Waals surface area (Å²) in [6.07, 6.45) is 4.64. The quantitative estimate of drug-likeness (QED) is 0.685. The Morgan fingerprint density at radius 1 is 1.42 bits per heavy atom. The predicted molar refractivity (Wildman–Crippen MR) is 52.6 cm³/mol. The lowest BCUT2D eigenvalue weighted by molar-refractivity contribution is 0.504. The van der Waals surface area contributed by atoms with Crippen LogP contribution in [0.5, 0.6) is 0 Å². The summed E-state index contributed by atoms with van der Waals surface area (Å²) in [4.78, 5) is 4.07. The Morgan fingerprint density at radius 3 is 2.58 bits per heavy atom. The van der Waals surface area contributed by atoms with Crippen molar-refractivity contribution in [1.82, 2.24) is 4.98 Å². The van der Waals surface area contributed by atoms with Crippen LogP contribution in [-0.2, 0) is 5.41 Å². The zero-order valence-corrected chi connectivity index (χ0v) is 8.52. The van der Waals surface area contributed by atoms with E-state index >= 15 is 0 Å². The van der Waals surface area contributed by atoms with Gasteiger partial charge in [0.05, 0.1) is 5.02 Å². The average molecular weight is 184 g/mol. The van der Waals surface area contributed by atoms with E-state index in [0.29, 0.717) is 5.02 Å². The van der Waals surface area contributed by atoms with Gasteiger partial charge < -0.3 is 0 Å². The highest BCUT2D eigenvalue weighted by Gasteiger charge is 2.18. The van der Waals surface area contributed by atoms with E-state index in [1.54, 1.807) is 6.20 Å². The molecule has 1 rings (SSSR count). The van der Waals surface area contributed by atoms with Gasteiger partial charge in [0.1, 0.15) is 0 Å². The molecule has 0 saturated heterocycles. The van der Waals surface area contributed by atoms with Crippen LogP contribution in [0.2, 0.25) is 5.02 Å². The fourth-order valence-corrected chi connectivity index (χ4v) is 1.16. The molecule has 0 aliphatic carbocycles. The maximum atomic E-state index is 5.85. The fraction of sp³-hybridized carbons (Fsp3) is 0.500. The van der Waals surface area contributed by atoms with E-state index in [1.165, 1.54) is 5.56 Å². The fourth-order valence-electron chi connectivity index (χ4n) is 0.986. The van der Waals surface area contributed by atoms with Crippen LogP contribution >= 0.6 is 11.6 Å². The monoisotopic (exact) mass is 183 g/mol. The van der Waals surface area contributed by atoms with Gasteiger partial charge in [0, 0.05) is 12.4 Å². The van der Waals surface area contributed by atoms with E-state index in [9.17, 15) is 0 Å². The molecule has 2 heteroatoms. The van der Waals surface area contributed by atoms with Crippen LogP contribution in [0.15, 0.2) is 18.5 Å². The minimum Gasteiger partial charge on any atom is -0.263 e. The Morgan fingerprint density at radius 2 is 2.08 bits per heavy atom. The lowest BCUT2D eigenvalue weighted by Gasteiger charge is -2.22. The third-order valence-corrected chi connectivity index (χ3v) is 2.58. The molecule has 66 valence electrons. The number of aromatic nitrogens is 1. The van der Waals surface area contributed by atoms with Gasteiger partial charge in [0.2, 0.25) is 0 Å².